The quantitative estimate of drug-likeness (QED) is 0.496. The summed E-state index contributed by atoms with van der Waals surface area (Å²) in [7, 11) is 1.55. The van der Waals surface area contributed by atoms with Gasteiger partial charge in [-0.3, -0.25) is 19.4 Å². The molecule has 0 aliphatic carbocycles. The molecule has 40 heavy (non-hydrogen) atoms. The number of carbonyl (C=O) groups is 3. The van der Waals surface area contributed by atoms with Gasteiger partial charge in [0.2, 0.25) is 11.8 Å². The van der Waals surface area contributed by atoms with Crippen LogP contribution in [0.5, 0.6) is 11.5 Å². The van der Waals surface area contributed by atoms with Gasteiger partial charge in [0.1, 0.15) is 6.10 Å². The zero-order chi connectivity index (χ0) is 26.7. The Morgan fingerprint density at radius 1 is 1.07 bits per heavy atom. The van der Waals surface area contributed by atoms with Crippen LogP contribution in [0.2, 0.25) is 0 Å². The first-order chi connectivity index (χ1) is 18.5. The van der Waals surface area contributed by atoms with Gasteiger partial charge >= 0.3 is 0 Å². The van der Waals surface area contributed by atoms with Gasteiger partial charge in [0.05, 0.1) is 13.2 Å². The summed E-state index contributed by atoms with van der Waals surface area (Å²) in [5, 5.41) is 9.17. The normalized spacial score (nSPS) is 20.2. The van der Waals surface area contributed by atoms with Crippen molar-refractivity contribution in [1.29, 1.82) is 0 Å². The van der Waals surface area contributed by atoms with Crippen molar-refractivity contribution in [3.63, 3.8) is 0 Å². The predicted octanol–water partition coefficient (Wildman–Crippen LogP) is 2.53. The third kappa shape index (κ3) is 9.53. The zero-order valence-electron chi connectivity index (χ0n) is 22.7. The summed E-state index contributed by atoms with van der Waals surface area (Å²) < 4.78 is 11.6. The first-order valence-electron chi connectivity index (χ1n) is 13.3. The van der Waals surface area contributed by atoms with Gasteiger partial charge in [-0.2, -0.15) is 0 Å². The van der Waals surface area contributed by atoms with E-state index in [1.807, 2.05) is 23.1 Å². The third-order valence-corrected chi connectivity index (χ3v) is 6.84. The van der Waals surface area contributed by atoms with E-state index in [4.69, 9.17) is 9.47 Å². The van der Waals surface area contributed by atoms with Crippen molar-refractivity contribution in [3.05, 3.63) is 53.9 Å². The molecule has 2 atom stereocenters. The van der Waals surface area contributed by atoms with Crippen molar-refractivity contribution in [2.45, 2.75) is 50.7 Å². The Labute approximate surface area is 247 Å². The number of pyridine rings is 1. The summed E-state index contributed by atoms with van der Waals surface area (Å²) in [6, 6.07) is 10.4. The lowest BCUT2D eigenvalue weighted by atomic mass is 10.1. The Balaban J connectivity index is 0.00000280. The predicted molar refractivity (Wildman–Crippen MR) is 157 cm³/mol. The van der Waals surface area contributed by atoms with Crippen molar-refractivity contribution in [2.75, 3.05) is 39.8 Å². The van der Waals surface area contributed by atoms with Crippen LogP contribution in [-0.2, 0) is 16.0 Å². The van der Waals surface area contributed by atoms with E-state index in [9.17, 15) is 14.4 Å². The van der Waals surface area contributed by atoms with Crippen LogP contribution in [0.4, 0.5) is 0 Å². The van der Waals surface area contributed by atoms with E-state index in [1.165, 1.54) is 0 Å². The van der Waals surface area contributed by atoms with E-state index < -0.39 is 0 Å². The molecule has 1 fully saturated rings. The second-order valence-electron chi connectivity index (χ2n) is 9.61. The highest BCUT2D eigenvalue weighted by molar-refractivity contribution is 5.94. The molecule has 0 unspecified atom stereocenters. The largest absolute Gasteiger partial charge is 0.493 e. The van der Waals surface area contributed by atoms with Gasteiger partial charge in [-0.05, 0) is 56.0 Å². The van der Waals surface area contributed by atoms with Crippen LogP contribution in [0.3, 0.4) is 0 Å². The van der Waals surface area contributed by atoms with E-state index in [1.54, 1.807) is 31.5 Å². The van der Waals surface area contributed by atoms with Gasteiger partial charge in [-0.25, -0.2) is 0 Å². The van der Waals surface area contributed by atoms with E-state index in [0.29, 0.717) is 75.5 Å². The molecule has 0 saturated carbocycles. The van der Waals surface area contributed by atoms with Crippen molar-refractivity contribution in [1.82, 2.24) is 25.8 Å². The Bertz CT molecular complexity index is 1110. The van der Waals surface area contributed by atoms with E-state index >= 15 is 0 Å². The van der Waals surface area contributed by atoms with Crippen LogP contribution in [0.1, 0.15) is 48.2 Å². The third-order valence-electron chi connectivity index (χ3n) is 6.84. The number of halogens is 2. The molecule has 1 saturated heterocycles. The Kier molecular flexibility index (Phi) is 14.0. The van der Waals surface area contributed by atoms with Crippen molar-refractivity contribution in [3.8, 4) is 11.5 Å². The molecule has 3 amide bonds. The van der Waals surface area contributed by atoms with Crippen LogP contribution in [0.15, 0.2) is 42.6 Å². The molecule has 10 nitrogen and oxygen atoms in total. The number of nitrogens with one attached hydrogen (secondary N) is 3. The fourth-order valence-corrected chi connectivity index (χ4v) is 4.72. The van der Waals surface area contributed by atoms with Crippen molar-refractivity contribution >= 4 is 42.5 Å². The molecule has 4 rings (SSSR count). The van der Waals surface area contributed by atoms with Gasteiger partial charge < -0.3 is 30.3 Å². The van der Waals surface area contributed by atoms with Gasteiger partial charge in [0, 0.05) is 63.0 Å². The number of fused-ring (bicyclic) bond motifs is 4. The number of ether oxygens (including phenoxy) is 2. The number of hydrogen-bond acceptors (Lipinski definition) is 7. The Morgan fingerprint density at radius 3 is 2.65 bits per heavy atom. The highest BCUT2D eigenvalue weighted by atomic mass is 35.5. The van der Waals surface area contributed by atoms with Gasteiger partial charge in [-0.15, -0.1) is 24.8 Å². The number of hydrogen-bond donors (Lipinski definition) is 3. The topological polar surface area (TPSA) is 122 Å². The smallest absolute Gasteiger partial charge is 0.251 e. The molecule has 1 aromatic carbocycles. The molecule has 220 valence electrons. The SMILES string of the molecule is COc1ccc2cc1O[C@@H]1CN[C@@H](C1)C(=O)NCCCCN(C(=O)CCc1ccccn1)CCCNC2=O.Cl.Cl. The molecule has 2 aliphatic heterocycles. The second kappa shape index (κ2) is 16.9. The molecule has 3 N–H and O–H groups in total. The minimum Gasteiger partial charge on any atom is -0.493 e. The highest BCUT2D eigenvalue weighted by Crippen LogP contribution is 2.30. The standard InChI is InChI=1S/C28H37N5O5.2ClH/c1-37-24-10-8-20-17-25(24)38-22-18-23(32-19-22)28(36)31-13-4-5-15-33(16-6-14-30-27(20)35)26(34)11-9-21-7-2-3-12-29-21;;/h2-3,7-8,10,12,17,22-23,32H,4-6,9,11,13-16,18-19H2,1H3,(H,30,35)(H,31,36);2*1H/t22-,23-;;/m0../s1. The molecule has 3 heterocycles. The number of aryl methyl sites for hydroxylation is 1. The summed E-state index contributed by atoms with van der Waals surface area (Å²) in [6.07, 6.45) is 5.17. The van der Waals surface area contributed by atoms with Gasteiger partial charge in [0.25, 0.3) is 5.91 Å². The number of methoxy groups -OCH3 is 1. The van der Waals surface area contributed by atoms with E-state index in [2.05, 4.69) is 20.9 Å². The molecular weight excluding hydrogens is 557 g/mol. The molecule has 12 heteroatoms. The number of rotatable bonds is 4. The van der Waals surface area contributed by atoms with Crippen molar-refractivity contribution in [2.24, 2.45) is 0 Å². The average molecular weight is 597 g/mol. The van der Waals surface area contributed by atoms with Crippen LogP contribution >= 0.6 is 24.8 Å². The fourth-order valence-electron chi connectivity index (χ4n) is 4.72. The van der Waals surface area contributed by atoms with E-state index in [-0.39, 0.29) is 54.7 Å². The van der Waals surface area contributed by atoms with E-state index in [0.717, 1.165) is 18.5 Å². The summed E-state index contributed by atoms with van der Waals surface area (Å²) in [5.41, 5.74) is 1.35. The van der Waals surface area contributed by atoms with Gasteiger partial charge in [0.15, 0.2) is 11.5 Å². The first-order valence-corrected chi connectivity index (χ1v) is 13.3. The van der Waals surface area contributed by atoms with Crippen LogP contribution in [-0.4, -0.2) is 79.6 Å². The molecule has 2 aliphatic rings. The van der Waals surface area contributed by atoms with Crippen LogP contribution < -0.4 is 25.4 Å². The summed E-state index contributed by atoms with van der Waals surface area (Å²) in [4.78, 5) is 44.7. The molecule has 2 aromatic rings. The number of amides is 3. The molecule has 0 radical (unpaired) electrons. The number of aromatic nitrogens is 1. The lowest BCUT2D eigenvalue weighted by molar-refractivity contribution is -0.131. The van der Waals surface area contributed by atoms with Crippen LogP contribution in [0.25, 0.3) is 0 Å². The molecule has 0 spiro atoms. The number of carbonyl (C=O) groups excluding carboxylic acids is 3. The first kappa shape index (κ1) is 33.1. The summed E-state index contributed by atoms with van der Waals surface area (Å²) in [6.45, 7) is 2.65. The zero-order valence-corrected chi connectivity index (χ0v) is 24.4. The lowest BCUT2D eigenvalue weighted by Gasteiger charge is -2.23. The summed E-state index contributed by atoms with van der Waals surface area (Å²) in [5.74, 6) is 0.786. The Morgan fingerprint density at radius 2 is 1.88 bits per heavy atom. The molecular formula is C28H39Cl2N5O5. The fraction of sp³-hybridized carbons (Fsp3) is 0.500. The highest BCUT2D eigenvalue weighted by Gasteiger charge is 2.31. The maximum atomic E-state index is 13.0. The van der Waals surface area contributed by atoms with Crippen molar-refractivity contribution < 1.29 is 23.9 Å². The van der Waals surface area contributed by atoms with Crippen LogP contribution in [0, 0.1) is 0 Å². The molecule has 4 bridgehead atoms. The molecule has 1 aromatic heterocycles. The average Bonchev–Trinajstić information content (AvgIpc) is 3.41. The minimum absolute atomic E-state index is 0. The summed E-state index contributed by atoms with van der Waals surface area (Å²) >= 11 is 0. The maximum absolute atomic E-state index is 13.0. The lowest BCUT2D eigenvalue weighted by Crippen LogP contribution is -2.41. The number of benzene rings is 1. The maximum Gasteiger partial charge on any atom is 0.251 e. The van der Waals surface area contributed by atoms with Gasteiger partial charge in [-0.1, -0.05) is 6.07 Å². The second-order valence-corrected chi connectivity index (χ2v) is 9.61. The number of nitrogens with zero attached hydrogens (tertiary/aromatic N) is 2. The monoisotopic (exact) mass is 595 g/mol. The Hall–Kier alpha value is -3.08. The minimum atomic E-state index is -0.343.